The molecule has 0 aromatic heterocycles. The number of hydrogen-bond donors (Lipinski definition) is 0. The van der Waals surface area contributed by atoms with Crippen molar-refractivity contribution in [2.24, 2.45) is 0 Å². The Kier molecular flexibility index (Phi) is 5.53. The van der Waals surface area contributed by atoms with Gasteiger partial charge in [-0.3, -0.25) is 9.59 Å². The molecule has 0 radical (unpaired) electrons. The van der Waals surface area contributed by atoms with Crippen LogP contribution in [0.2, 0.25) is 0 Å². The van der Waals surface area contributed by atoms with Crippen LogP contribution >= 0.6 is 0 Å². The van der Waals surface area contributed by atoms with Gasteiger partial charge in [-0.1, -0.05) is 6.92 Å². The molecule has 0 aliphatic rings. The number of esters is 1. The summed E-state index contributed by atoms with van der Waals surface area (Å²) in [5.41, 5.74) is 0. The Morgan fingerprint density at radius 3 is 2.54 bits per heavy atom. The van der Waals surface area contributed by atoms with Gasteiger partial charge in [-0.25, -0.2) is 0 Å². The van der Waals surface area contributed by atoms with Gasteiger partial charge in [0.15, 0.2) is 6.10 Å². The highest BCUT2D eigenvalue weighted by molar-refractivity contribution is 5.79. The van der Waals surface area contributed by atoms with E-state index in [2.05, 4.69) is 4.74 Å². The van der Waals surface area contributed by atoms with E-state index in [9.17, 15) is 9.59 Å². The van der Waals surface area contributed by atoms with Crippen molar-refractivity contribution < 1.29 is 14.3 Å². The minimum Gasteiger partial charge on any atom is -0.447 e. The zero-order valence-electron chi connectivity index (χ0n) is 7.87. The monoisotopic (exact) mass is 183 g/mol. The van der Waals surface area contributed by atoms with Crippen LogP contribution in [-0.4, -0.2) is 17.9 Å². The van der Waals surface area contributed by atoms with Crippen LogP contribution in [0.1, 0.15) is 33.1 Å². The summed E-state index contributed by atoms with van der Waals surface area (Å²) in [7, 11) is 0. The third kappa shape index (κ3) is 5.85. The third-order valence-corrected chi connectivity index (χ3v) is 1.39. The number of nitriles is 1. The Hall–Kier alpha value is -1.37. The second-order valence-corrected chi connectivity index (χ2v) is 2.72. The smallest absolute Gasteiger partial charge is 0.303 e. The average Bonchev–Trinajstić information content (AvgIpc) is 2.02. The van der Waals surface area contributed by atoms with Gasteiger partial charge in [0.05, 0.1) is 6.42 Å². The van der Waals surface area contributed by atoms with Crippen LogP contribution in [0.4, 0.5) is 0 Å². The number of hydrogen-bond acceptors (Lipinski definition) is 4. The number of rotatable bonds is 5. The van der Waals surface area contributed by atoms with Gasteiger partial charge in [0.2, 0.25) is 0 Å². The molecule has 0 amide bonds. The van der Waals surface area contributed by atoms with Gasteiger partial charge in [0.25, 0.3) is 0 Å². The number of ketones is 1. The molecule has 4 nitrogen and oxygen atoms in total. The maximum atomic E-state index is 11.1. The molecule has 0 saturated heterocycles. The molecule has 0 rings (SSSR count). The number of carbonyl (C=O) groups is 2. The van der Waals surface area contributed by atoms with Crippen LogP contribution in [-0.2, 0) is 14.3 Å². The zero-order chi connectivity index (χ0) is 10.3. The Morgan fingerprint density at radius 2 is 2.15 bits per heavy atom. The number of carbonyl (C=O) groups excluding carboxylic acids is 2. The zero-order valence-corrected chi connectivity index (χ0v) is 7.87. The van der Waals surface area contributed by atoms with Crippen molar-refractivity contribution >= 4 is 11.8 Å². The van der Waals surface area contributed by atoms with Crippen molar-refractivity contribution in [3.63, 3.8) is 0 Å². The highest BCUT2D eigenvalue weighted by Crippen LogP contribution is 2.02. The predicted molar refractivity (Wildman–Crippen MR) is 45.7 cm³/mol. The van der Waals surface area contributed by atoms with E-state index in [1.54, 1.807) is 6.07 Å². The molecule has 0 heterocycles. The maximum absolute atomic E-state index is 11.1. The van der Waals surface area contributed by atoms with Crippen LogP contribution in [0, 0.1) is 11.3 Å². The second kappa shape index (κ2) is 6.18. The van der Waals surface area contributed by atoms with Gasteiger partial charge in [0, 0.05) is 13.3 Å². The van der Waals surface area contributed by atoms with Gasteiger partial charge < -0.3 is 4.74 Å². The lowest BCUT2D eigenvalue weighted by Gasteiger charge is -2.07. The molecule has 4 heteroatoms. The van der Waals surface area contributed by atoms with Crippen molar-refractivity contribution in [2.45, 2.75) is 39.2 Å². The van der Waals surface area contributed by atoms with Crippen molar-refractivity contribution in [1.82, 2.24) is 0 Å². The molecule has 0 aliphatic carbocycles. The van der Waals surface area contributed by atoms with Crippen LogP contribution in [0.3, 0.4) is 0 Å². The minimum atomic E-state index is -0.920. The largest absolute Gasteiger partial charge is 0.447 e. The standard InChI is InChI=1S/C9H13NO3/c1-3-4-8(12)5-9(6-10)13-7(2)11/h9H,3-5H2,1-2H3. The van der Waals surface area contributed by atoms with E-state index in [1.165, 1.54) is 6.92 Å². The summed E-state index contributed by atoms with van der Waals surface area (Å²) in [4.78, 5) is 21.5. The molecule has 72 valence electrons. The van der Waals surface area contributed by atoms with Gasteiger partial charge in [-0.05, 0) is 6.42 Å². The quantitative estimate of drug-likeness (QED) is 0.600. The molecule has 1 unspecified atom stereocenters. The Morgan fingerprint density at radius 1 is 1.54 bits per heavy atom. The first-order valence-corrected chi connectivity index (χ1v) is 4.18. The summed E-state index contributed by atoms with van der Waals surface area (Å²) in [5.74, 6) is -0.578. The summed E-state index contributed by atoms with van der Waals surface area (Å²) < 4.78 is 4.60. The van der Waals surface area contributed by atoms with Gasteiger partial charge >= 0.3 is 5.97 Å². The van der Waals surface area contributed by atoms with Crippen LogP contribution < -0.4 is 0 Å². The first kappa shape index (κ1) is 11.6. The normalized spacial score (nSPS) is 11.5. The lowest BCUT2D eigenvalue weighted by atomic mass is 10.1. The van der Waals surface area contributed by atoms with E-state index in [-0.39, 0.29) is 12.2 Å². The van der Waals surface area contributed by atoms with Crippen molar-refractivity contribution in [3.05, 3.63) is 0 Å². The van der Waals surface area contributed by atoms with Gasteiger partial charge in [-0.2, -0.15) is 5.26 Å². The van der Waals surface area contributed by atoms with Gasteiger partial charge in [-0.15, -0.1) is 0 Å². The lowest BCUT2D eigenvalue weighted by Crippen LogP contribution is -2.18. The van der Waals surface area contributed by atoms with Gasteiger partial charge in [0.1, 0.15) is 11.9 Å². The average molecular weight is 183 g/mol. The molecule has 0 fully saturated rings. The van der Waals surface area contributed by atoms with E-state index in [4.69, 9.17) is 5.26 Å². The maximum Gasteiger partial charge on any atom is 0.303 e. The fourth-order valence-corrected chi connectivity index (χ4v) is 0.902. The van der Waals surface area contributed by atoms with E-state index in [1.807, 2.05) is 6.92 Å². The first-order chi connectivity index (χ1) is 6.10. The summed E-state index contributed by atoms with van der Waals surface area (Å²) >= 11 is 0. The molecule has 0 spiro atoms. The fourth-order valence-electron chi connectivity index (χ4n) is 0.902. The van der Waals surface area contributed by atoms with E-state index >= 15 is 0 Å². The summed E-state index contributed by atoms with van der Waals surface area (Å²) in [5, 5.41) is 8.51. The molecule has 0 aromatic carbocycles. The molecule has 0 saturated carbocycles. The highest BCUT2D eigenvalue weighted by Gasteiger charge is 2.14. The van der Waals surface area contributed by atoms with Crippen LogP contribution in [0.5, 0.6) is 0 Å². The van der Waals surface area contributed by atoms with Crippen LogP contribution in [0.15, 0.2) is 0 Å². The Balaban J connectivity index is 3.92. The van der Waals surface area contributed by atoms with E-state index < -0.39 is 12.1 Å². The SMILES string of the molecule is CCCC(=O)CC(C#N)OC(C)=O. The molecular formula is C9H13NO3. The second-order valence-electron chi connectivity index (χ2n) is 2.72. The molecule has 13 heavy (non-hydrogen) atoms. The summed E-state index contributed by atoms with van der Waals surface area (Å²) in [6, 6.07) is 1.76. The molecular weight excluding hydrogens is 170 g/mol. The third-order valence-electron chi connectivity index (χ3n) is 1.39. The minimum absolute atomic E-state index is 0.00389. The predicted octanol–water partition coefficient (Wildman–Crippen LogP) is 1.20. The summed E-state index contributed by atoms with van der Waals surface area (Å²) in [6.07, 6.45) is 0.261. The molecule has 0 aromatic rings. The van der Waals surface area contributed by atoms with Crippen molar-refractivity contribution in [3.8, 4) is 6.07 Å². The molecule has 0 N–H and O–H groups in total. The molecule has 0 bridgehead atoms. The Bertz CT molecular complexity index is 230. The highest BCUT2D eigenvalue weighted by atomic mass is 16.5. The molecule has 0 aliphatic heterocycles. The fraction of sp³-hybridized carbons (Fsp3) is 0.667. The summed E-state index contributed by atoms with van der Waals surface area (Å²) in [6.45, 7) is 3.10. The lowest BCUT2D eigenvalue weighted by molar-refractivity contribution is -0.144. The van der Waals surface area contributed by atoms with E-state index in [0.29, 0.717) is 6.42 Å². The molecule has 1 atom stereocenters. The number of ether oxygens (including phenoxy) is 1. The Labute approximate surface area is 77.5 Å². The van der Waals surface area contributed by atoms with Crippen molar-refractivity contribution in [1.29, 1.82) is 5.26 Å². The van der Waals surface area contributed by atoms with Crippen molar-refractivity contribution in [2.75, 3.05) is 0 Å². The number of nitrogens with zero attached hydrogens (tertiary/aromatic N) is 1. The number of Topliss-reactive ketones (excluding diaryl/α,β-unsaturated/α-hetero) is 1. The van der Waals surface area contributed by atoms with Crippen LogP contribution in [0.25, 0.3) is 0 Å². The first-order valence-electron chi connectivity index (χ1n) is 4.18. The van der Waals surface area contributed by atoms with E-state index in [0.717, 1.165) is 6.42 Å². The topological polar surface area (TPSA) is 67.2 Å².